The highest BCUT2D eigenvalue weighted by atomic mass is 16.6. The number of methoxy groups -OCH3 is 1. The number of carbonyl (C=O) groups excluding carboxylic acids is 3. The van der Waals surface area contributed by atoms with Gasteiger partial charge in [-0.3, -0.25) is 24.6 Å². The van der Waals surface area contributed by atoms with Gasteiger partial charge in [-0.2, -0.15) is 0 Å². The Morgan fingerprint density at radius 3 is 2.52 bits per heavy atom. The molecule has 0 bridgehead atoms. The topological polar surface area (TPSA) is 116 Å². The molecule has 9 heteroatoms. The van der Waals surface area contributed by atoms with Gasteiger partial charge in [-0.25, -0.2) is 4.79 Å². The Hall–Kier alpha value is -2.97. The van der Waals surface area contributed by atoms with Gasteiger partial charge in [-0.15, -0.1) is 0 Å². The van der Waals surface area contributed by atoms with Crippen LogP contribution in [0, 0.1) is 10.1 Å². The van der Waals surface area contributed by atoms with E-state index in [1.54, 1.807) is 0 Å². The molecular formula is C14H14N2O7. The molecule has 2 rings (SSSR count). The van der Waals surface area contributed by atoms with Gasteiger partial charge in [0.05, 0.1) is 24.1 Å². The average molecular weight is 322 g/mol. The predicted molar refractivity (Wildman–Crippen MR) is 75.9 cm³/mol. The maximum Gasteiger partial charge on any atom is 0.338 e. The lowest BCUT2D eigenvalue weighted by Gasteiger charge is -2.14. The predicted octanol–water partition coefficient (Wildman–Crippen LogP) is 0.909. The zero-order valence-corrected chi connectivity index (χ0v) is 12.3. The molecule has 0 radical (unpaired) electrons. The maximum absolute atomic E-state index is 11.4. The molecule has 9 nitrogen and oxygen atoms in total. The summed E-state index contributed by atoms with van der Waals surface area (Å²) in [5.74, 6) is -1.32. The lowest BCUT2D eigenvalue weighted by atomic mass is 10.2. The van der Waals surface area contributed by atoms with Crippen LogP contribution >= 0.6 is 0 Å². The largest absolute Gasteiger partial charge is 0.485 e. The van der Waals surface area contributed by atoms with E-state index in [4.69, 9.17) is 4.74 Å². The van der Waals surface area contributed by atoms with Gasteiger partial charge in [0, 0.05) is 18.9 Å². The molecule has 0 unspecified atom stereocenters. The van der Waals surface area contributed by atoms with Crippen LogP contribution in [-0.4, -0.2) is 47.9 Å². The van der Waals surface area contributed by atoms with Crippen molar-refractivity contribution in [2.75, 3.05) is 20.3 Å². The quantitative estimate of drug-likeness (QED) is 0.331. The molecule has 0 aliphatic carbocycles. The van der Waals surface area contributed by atoms with Crippen molar-refractivity contribution in [2.45, 2.75) is 12.8 Å². The van der Waals surface area contributed by atoms with Crippen molar-refractivity contribution in [1.82, 2.24) is 4.90 Å². The summed E-state index contributed by atoms with van der Waals surface area (Å²) in [6.45, 7) is -0.0521. The van der Waals surface area contributed by atoms with Crippen molar-refractivity contribution < 1.29 is 28.8 Å². The summed E-state index contributed by atoms with van der Waals surface area (Å²) in [7, 11) is 1.17. The summed E-state index contributed by atoms with van der Waals surface area (Å²) in [6, 6.07) is 3.66. The molecule has 0 atom stereocenters. The smallest absolute Gasteiger partial charge is 0.338 e. The third-order valence-electron chi connectivity index (χ3n) is 3.30. The molecule has 0 N–H and O–H groups in total. The van der Waals surface area contributed by atoms with Crippen LogP contribution in [0.4, 0.5) is 5.69 Å². The molecular weight excluding hydrogens is 308 g/mol. The molecule has 1 fully saturated rings. The van der Waals surface area contributed by atoms with Crippen LogP contribution < -0.4 is 4.74 Å². The van der Waals surface area contributed by atoms with Gasteiger partial charge in [0.15, 0.2) is 5.75 Å². The van der Waals surface area contributed by atoms with Crippen LogP contribution in [0.1, 0.15) is 23.2 Å². The molecule has 1 heterocycles. The Morgan fingerprint density at radius 2 is 1.96 bits per heavy atom. The molecule has 1 saturated heterocycles. The number of imide groups is 1. The molecule has 1 aliphatic heterocycles. The molecule has 0 saturated carbocycles. The molecule has 0 spiro atoms. The first-order valence-corrected chi connectivity index (χ1v) is 6.76. The number of nitro benzene ring substituents is 1. The van der Waals surface area contributed by atoms with Crippen molar-refractivity contribution in [3.8, 4) is 5.75 Å². The first kappa shape index (κ1) is 16.4. The highest BCUT2D eigenvalue weighted by molar-refractivity contribution is 6.01. The van der Waals surface area contributed by atoms with Gasteiger partial charge in [-0.1, -0.05) is 0 Å². The van der Waals surface area contributed by atoms with Crippen molar-refractivity contribution in [3.63, 3.8) is 0 Å². The number of amides is 2. The normalized spacial score (nSPS) is 14.0. The third kappa shape index (κ3) is 3.62. The van der Waals surface area contributed by atoms with Crippen molar-refractivity contribution >= 4 is 23.5 Å². The SMILES string of the molecule is COC(=O)c1ccc(OCCN2C(=O)CCC2=O)c([N+](=O)[O-])c1. The lowest BCUT2D eigenvalue weighted by molar-refractivity contribution is -0.385. The minimum absolute atomic E-state index is 0.0214. The number of nitrogens with zero attached hydrogens (tertiary/aromatic N) is 2. The summed E-state index contributed by atoms with van der Waals surface area (Å²) in [6.07, 6.45) is 0.347. The van der Waals surface area contributed by atoms with Crippen molar-refractivity contribution in [3.05, 3.63) is 33.9 Å². The van der Waals surface area contributed by atoms with Crippen LogP contribution in [0.15, 0.2) is 18.2 Å². The number of benzene rings is 1. The second-order valence-corrected chi connectivity index (χ2v) is 4.72. The molecule has 1 aromatic rings. The molecule has 23 heavy (non-hydrogen) atoms. The summed E-state index contributed by atoms with van der Waals surface area (Å²) >= 11 is 0. The first-order valence-electron chi connectivity index (χ1n) is 6.76. The highest BCUT2D eigenvalue weighted by Crippen LogP contribution is 2.28. The molecule has 122 valence electrons. The number of rotatable bonds is 6. The third-order valence-corrected chi connectivity index (χ3v) is 3.30. The Balaban J connectivity index is 2.07. The number of likely N-dealkylation sites (tertiary alicyclic amines) is 1. The summed E-state index contributed by atoms with van der Waals surface area (Å²) in [5.41, 5.74) is -0.372. The molecule has 1 aliphatic rings. The van der Waals surface area contributed by atoms with Crippen LogP contribution in [-0.2, 0) is 14.3 Å². The maximum atomic E-state index is 11.4. The summed E-state index contributed by atoms with van der Waals surface area (Å²) in [5, 5.41) is 11.1. The Kier molecular flexibility index (Phi) is 4.89. The van der Waals surface area contributed by atoms with Crippen LogP contribution in [0.2, 0.25) is 0 Å². The van der Waals surface area contributed by atoms with Crippen molar-refractivity contribution in [1.29, 1.82) is 0 Å². The molecule has 1 aromatic carbocycles. The monoisotopic (exact) mass is 322 g/mol. The van der Waals surface area contributed by atoms with E-state index in [2.05, 4.69) is 4.74 Å². The van der Waals surface area contributed by atoms with E-state index in [9.17, 15) is 24.5 Å². The van der Waals surface area contributed by atoms with Crippen LogP contribution in [0.25, 0.3) is 0 Å². The number of esters is 1. The second-order valence-electron chi connectivity index (χ2n) is 4.72. The fourth-order valence-electron chi connectivity index (χ4n) is 2.15. The van der Waals surface area contributed by atoms with Gasteiger partial charge in [0.25, 0.3) is 0 Å². The molecule has 0 aromatic heterocycles. The van der Waals surface area contributed by atoms with Crippen LogP contribution in [0.3, 0.4) is 0 Å². The summed E-state index contributed by atoms with van der Waals surface area (Å²) < 4.78 is 9.78. The van der Waals surface area contributed by atoms with Gasteiger partial charge in [0.1, 0.15) is 6.61 Å². The Bertz CT molecular complexity index is 655. The second kappa shape index (κ2) is 6.86. The van der Waals surface area contributed by atoms with E-state index >= 15 is 0 Å². The molecule has 2 amide bonds. The van der Waals surface area contributed by atoms with Crippen molar-refractivity contribution in [2.24, 2.45) is 0 Å². The van der Waals surface area contributed by atoms with E-state index in [1.807, 2.05) is 0 Å². The van der Waals surface area contributed by atoms with Crippen LogP contribution in [0.5, 0.6) is 5.75 Å². The standard InChI is InChI=1S/C14H14N2O7/c1-22-14(19)9-2-3-11(10(8-9)16(20)21)23-7-6-15-12(17)4-5-13(15)18/h2-3,8H,4-7H2,1H3. The van der Waals surface area contributed by atoms with E-state index in [-0.39, 0.29) is 49.1 Å². The first-order chi connectivity index (χ1) is 10.9. The van der Waals surface area contributed by atoms with E-state index in [0.717, 1.165) is 11.0 Å². The average Bonchev–Trinajstić information content (AvgIpc) is 2.86. The minimum atomic E-state index is -0.701. The van der Waals surface area contributed by atoms with E-state index in [1.165, 1.54) is 19.2 Å². The van der Waals surface area contributed by atoms with Gasteiger partial charge < -0.3 is 9.47 Å². The number of carbonyl (C=O) groups is 3. The Morgan fingerprint density at radius 1 is 1.30 bits per heavy atom. The zero-order valence-electron chi connectivity index (χ0n) is 12.3. The number of ether oxygens (including phenoxy) is 2. The Labute approximate surface area is 130 Å². The fraction of sp³-hybridized carbons (Fsp3) is 0.357. The number of nitro groups is 1. The highest BCUT2D eigenvalue weighted by Gasteiger charge is 2.28. The minimum Gasteiger partial charge on any atom is -0.485 e. The lowest BCUT2D eigenvalue weighted by Crippen LogP contribution is -2.33. The van der Waals surface area contributed by atoms with E-state index < -0.39 is 16.6 Å². The van der Waals surface area contributed by atoms with E-state index in [0.29, 0.717) is 0 Å². The number of hydrogen-bond acceptors (Lipinski definition) is 7. The summed E-state index contributed by atoms with van der Waals surface area (Å²) in [4.78, 5) is 45.7. The zero-order chi connectivity index (χ0) is 17.0. The van der Waals surface area contributed by atoms with Gasteiger partial charge in [0.2, 0.25) is 11.8 Å². The fourth-order valence-corrected chi connectivity index (χ4v) is 2.15. The van der Waals surface area contributed by atoms with Gasteiger partial charge in [-0.05, 0) is 12.1 Å². The number of hydrogen-bond donors (Lipinski definition) is 0. The van der Waals surface area contributed by atoms with Gasteiger partial charge >= 0.3 is 11.7 Å².